The molecule has 0 aromatic rings. The first-order valence-electron chi connectivity index (χ1n) is 38.8. The van der Waals surface area contributed by atoms with Crippen LogP contribution < -0.4 is 0 Å². The van der Waals surface area contributed by atoms with Crippen molar-refractivity contribution in [1.82, 2.24) is 0 Å². The highest BCUT2D eigenvalue weighted by molar-refractivity contribution is 7.47. The number of carbonyl (C=O) groups excluding carboxylic acids is 4. The number of aliphatic hydroxyl groups is 1. The van der Waals surface area contributed by atoms with Gasteiger partial charge in [0.15, 0.2) is 12.2 Å². The highest BCUT2D eigenvalue weighted by atomic mass is 31.2. The Hall–Kier alpha value is -3.76. The van der Waals surface area contributed by atoms with Crippen LogP contribution in [0.4, 0.5) is 0 Å². The third-order valence-corrected chi connectivity index (χ3v) is 18.2. The molecule has 17 nitrogen and oxygen atoms in total. The summed E-state index contributed by atoms with van der Waals surface area (Å²) in [4.78, 5) is 72.8. The first-order valence-corrected chi connectivity index (χ1v) is 41.8. The van der Waals surface area contributed by atoms with Crippen molar-refractivity contribution in [3.8, 4) is 0 Å². The van der Waals surface area contributed by atoms with E-state index in [-0.39, 0.29) is 25.7 Å². The van der Waals surface area contributed by atoms with E-state index in [1.54, 1.807) is 0 Å². The number of carbonyl (C=O) groups is 4. The van der Waals surface area contributed by atoms with Crippen molar-refractivity contribution in [2.24, 2.45) is 0 Å². The van der Waals surface area contributed by atoms with Crippen LogP contribution in [0.3, 0.4) is 0 Å². The van der Waals surface area contributed by atoms with E-state index in [1.165, 1.54) is 89.9 Å². The summed E-state index contributed by atoms with van der Waals surface area (Å²) in [5.74, 6) is -2.19. The average molecular weight is 1420 g/mol. The predicted octanol–water partition coefficient (Wildman–Crippen LogP) is 22.2. The Morgan fingerprint density at radius 2 is 0.541 bits per heavy atom. The van der Waals surface area contributed by atoms with Crippen molar-refractivity contribution in [2.45, 2.75) is 354 Å². The molecule has 0 heterocycles. The molecule has 0 saturated heterocycles. The zero-order valence-electron chi connectivity index (χ0n) is 62.0. The zero-order chi connectivity index (χ0) is 71.8. The van der Waals surface area contributed by atoms with E-state index < -0.39 is 97.5 Å². The van der Waals surface area contributed by atoms with Crippen LogP contribution in [0.15, 0.2) is 85.1 Å². The molecule has 0 aromatic carbocycles. The van der Waals surface area contributed by atoms with Crippen LogP contribution in [0, 0.1) is 0 Å². The molecule has 0 amide bonds. The zero-order valence-corrected chi connectivity index (χ0v) is 63.7. The quantitative estimate of drug-likeness (QED) is 0.0169. The Morgan fingerprint density at radius 1 is 0.296 bits per heavy atom. The summed E-state index contributed by atoms with van der Waals surface area (Å²) in [6.07, 6.45) is 72.8. The van der Waals surface area contributed by atoms with Crippen LogP contribution >= 0.6 is 15.6 Å². The number of aliphatic hydroxyl groups excluding tert-OH is 1. The van der Waals surface area contributed by atoms with Gasteiger partial charge < -0.3 is 33.8 Å². The number of hydrogen-bond donors (Lipinski definition) is 3. The van der Waals surface area contributed by atoms with Crippen LogP contribution in [-0.4, -0.2) is 96.7 Å². The summed E-state index contributed by atoms with van der Waals surface area (Å²) in [6.45, 7) is 4.69. The maximum atomic E-state index is 13.1. The van der Waals surface area contributed by atoms with Gasteiger partial charge in [-0.1, -0.05) is 280 Å². The smallest absolute Gasteiger partial charge is 0.462 e. The molecule has 5 unspecified atom stereocenters. The molecule has 0 aliphatic rings. The van der Waals surface area contributed by atoms with Gasteiger partial charge in [0.05, 0.1) is 26.4 Å². The predicted molar refractivity (Wildman–Crippen MR) is 399 cm³/mol. The summed E-state index contributed by atoms with van der Waals surface area (Å²) < 4.78 is 68.5. The van der Waals surface area contributed by atoms with Crippen LogP contribution in [0.25, 0.3) is 0 Å². The summed E-state index contributed by atoms with van der Waals surface area (Å²) in [5, 5.41) is 10.6. The first-order chi connectivity index (χ1) is 47.7. The van der Waals surface area contributed by atoms with E-state index in [1.807, 2.05) is 0 Å². The minimum absolute atomic E-state index is 0.0765. The number of phosphoric acid groups is 2. The number of unbranched alkanes of at least 4 members (excludes halogenated alkanes) is 33. The SMILES string of the molecule is CC/C=C\C/C=C\C/C=C\C/C=C\CCCCCCCCC(=O)OCC(COP(=O)(O)OCC(O)COP(=O)(O)OCC(COC(=O)CCCCCCCCCCCCCCC)OC(=O)CCCCCCC/C=C\CCCC)OC(=O)CCCCCCC/C=C\C/C=C\CCCCC. The fourth-order valence-corrected chi connectivity index (χ4v) is 12.0. The van der Waals surface area contributed by atoms with E-state index in [9.17, 15) is 43.2 Å². The topological polar surface area (TPSA) is 237 Å². The van der Waals surface area contributed by atoms with E-state index in [2.05, 4.69) is 113 Å². The normalized spacial score (nSPS) is 14.4. The summed E-state index contributed by atoms with van der Waals surface area (Å²) >= 11 is 0. The van der Waals surface area contributed by atoms with E-state index in [0.29, 0.717) is 25.7 Å². The maximum Gasteiger partial charge on any atom is 0.472 e. The molecule has 568 valence electrons. The monoisotopic (exact) mass is 1420 g/mol. The fourth-order valence-electron chi connectivity index (χ4n) is 10.4. The largest absolute Gasteiger partial charge is 0.472 e. The lowest BCUT2D eigenvalue weighted by Crippen LogP contribution is -2.30. The van der Waals surface area contributed by atoms with Crippen LogP contribution in [0.5, 0.6) is 0 Å². The number of hydrogen-bond acceptors (Lipinski definition) is 15. The third-order valence-electron chi connectivity index (χ3n) is 16.3. The third kappa shape index (κ3) is 70.7. The lowest BCUT2D eigenvalue weighted by molar-refractivity contribution is -0.161. The van der Waals surface area contributed by atoms with Crippen molar-refractivity contribution < 1.29 is 80.2 Å². The van der Waals surface area contributed by atoms with E-state index >= 15 is 0 Å². The molecule has 0 aliphatic carbocycles. The number of allylic oxidation sites excluding steroid dienone is 14. The van der Waals surface area contributed by atoms with Gasteiger partial charge in [0.25, 0.3) is 0 Å². The number of ether oxygens (including phenoxy) is 4. The second kappa shape index (κ2) is 71.6. The van der Waals surface area contributed by atoms with Crippen molar-refractivity contribution in [3.63, 3.8) is 0 Å². The van der Waals surface area contributed by atoms with Gasteiger partial charge in [0.1, 0.15) is 19.3 Å². The van der Waals surface area contributed by atoms with Gasteiger partial charge in [-0.25, -0.2) is 9.13 Å². The molecule has 0 aromatic heterocycles. The molecule has 3 N–H and O–H groups in total. The molecule has 0 aliphatic heterocycles. The van der Waals surface area contributed by atoms with Gasteiger partial charge in [-0.05, 0) is 116 Å². The number of phosphoric ester groups is 2. The Morgan fingerprint density at radius 3 is 0.878 bits per heavy atom. The van der Waals surface area contributed by atoms with Gasteiger partial charge in [-0.15, -0.1) is 0 Å². The molecule has 5 atom stereocenters. The lowest BCUT2D eigenvalue weighted by atomic mass is 10.0. The Kier molecular flexibility index (Phi) is 68.9. The van der Waals surface area contributed by atoms with Gasteiger partial charge in [0.2, 0.25) is 0 Å². The maximum absolute atomic E-state index is 13.1. The second-order valence-electron chi connectivity index (χ2n) is 25.9. The highest BCUT2D eigenvalue weighted by Crippen LogP contribution is 2.45. The molecule has 0 saturated carbocycles. The van der Waals surface area contributed by atoms with E-state index in [4.69, 9.17) is 37.0 Å². The molecule has 0 rings (SSSR count). The molecular formula is C79H140O17P2. The van der Waals surface area contributed by atoms with Gasteiger partial charge >= 0.3 is 39.5 Å². The molecular weight excluding hydrogens is 1280 g/mol. The number of rotatable bonds is 73. The second-order valence-corrected chi connectivity index (χ2v) is 28.8. The van der Waals surface area contributed by atoms with Gasteiger partial charge in [0, 0.05) is 25.7 Å². The van der Waals surface area contributed by atoms with Gasteiger partial charge in [-0.3, -0.25) is 37.3 Å². The Labute approximate surface area is 595 Å². The van der Waals surface area contributed by atoms with Crippen LogP contribution in [0.1, 0.15) is 336 Å². The number of esters is 4. The molecule has 0 bridgehead atoms. The fraction of sp³-hybridized carbons (Fsp3) is 0.772. The van der Waals surface area contributed by atoms with Crippen molar-refractivity contribution >= 4 is 39.5 Å². The Balaban J connectivity index is 5.32. The van der Waals surface area contributed by atoms with Crippen molar-refractivity contribution in [1.29, 1.82) is 0 Å². The standard InChI is InChI=1S/C79H140O17P2/c1-5-9-13-17-21-25-29-32-34-35-36-37-39-41-45-48-52-56-60-64-77(82)90-70-75(96-79(84)66-62-58-54-50-46-42-38-33-30-26-22-18-14-10-6-2)72-94-98(87,88)92-68-73(80)67-91-97(85,86)93-71-74(95-78(83)65-61-57-53-49-43-28-24-20-16-12-8-4)69-89-76(81)63-59-55-51-47-44-40-31-27-23-19-15-11-7-3/h9,13,20-22,24-26,32-34,36-38,73-75,80H,5-8,10-12,14-19,23,27-31,35,39-72H2,1-4H3,(H,85,86)(H,87,88)/b13-9-,24-20-,25-21-,26-22-,34-32-,37-36-,38-33-. The summed E-state index contributed by atoms with van der Waals surface area (Å²) in [7, 11) is -9.95. The Bertz CT molecular complexity index is 2190. The van der Waals surface area contributed by atoms with Crippen molar-refractivity contribution in [2.75, 3.05) is 39.6 Å². The molecule has 0 spiro atoms. The average Bonchev–Trinajstić information content (AvgIpc) is 0.992. The van der Waals surface area contributed by atoms with Gasteiger partial charge in [-0.2, -0.15) is 0 Å². The summed E-state index contributed by atoms with van der Waals surface area (Å²) in [6, 6.07) is 0. The lowest BCUT2D eigenvalue weighted by Gasteiger charge is -2.21. The van der Waals surface area contributed by atoms with Crippen LogP contribution in [-0.2, 0) is 65.4 Å². The minimum Gasteiger partial charge on any atom is -0.462 e. The minimum atomic E-state index is -4.98. The molecule has 19 heteroatoms. The molecule has 0 radical (unpaired) electrons. The molecule has 0 fully saturated rings. The summed E-state index contributed by atoms with van der Waals surface area (Å²) in [5.41, 5.74) is 0. The molecule has 98 heavy (non-hydrogen) atoms. The van der Waals surface area contributed by atoms with E-state index in [0.717, 1.165) is 167 Å². The van der Waals surface area contributed by atoms with Crippen molar-refractivity contribution in [3.05, 3.63) is 85.1 Å². The first kappa shape index (κ1) is 94.2. The highest BCUT2D eigenvalue weighted by Gasteiger charge is 2.30. The van der Waals surface area contributed by atoms with Crippen LogP contribution in [0.2, 0.25) is 0 Å².